The third-order valence-electron chi connectivity index (χ3n) is 4.47. The lowest BCUT2D eigenvalue weighted by atomic mass is 9.97. The Kier molecular flexibility index (Phi) is 5.79. The summed E-state index contributed by atoms with van der Waals surface area (Å²) in [5.41, 5.74) is 2.22. The Bertz CT molecular complexity index is 861. The first-order valence-electron chi connectivity index (χ1n) is 9.06. The summed E-state index contributed by atoms with van der Waals surface area (Å²) in [5.74, 6) is 1.07. The monoisotopic (exact) mass is 369 g/mol. The molecule has 3 rings (SSSR count). The van der Waals surface area contributed by atoms with E-state index < -0.39 is 0 Å². The second-order valence-electron chi connectivity index (χ2n) is 6.96. The van der Waals surface area contributed by atoms with E-state index in [1.54, 1.807) is 30.4 Å². The number of hydrogen-bond donors (Lipinski definition) is 0. The van der Waals surface area contributed by atoms with Gasteiger partial charge in [-0.15, -0.1) is 0 Å². The summed E-state index contributed by atoms with van der Waals surface area (Å²) in [6, 6.07) is 9.94. The molecule has 0 saturated heterocycles. The number of methoxy groups -OCH3 is 1. The fourth-order valence-corrected chi connectivity index (χ4v) is 3.09. The van der Waals surface area contributed by atoms with Crippen LogP contribution < -0.4 is 9.47 Å². The van der Waals surface area contributed by atoms with Crippen molar-refractivity contribution in [1.82, 2.24) is 4.90 Å². The Hall–Kier alpha value is -2.82. The van der Waals surface area contributed by atoms with Crippen molar-refractivity contribution in [2.45, 2.75) is 26.8 Å². The molecule has 0 saturated carbocycles. The van der Waals surface area contributed by atoms with E-state index in [9.17, 15) is 9.18 Å². The number of allylic oxidation sites excluding steroid dienone is 1. The molecule has 0 N–H and O–H groups in total. The molecular formula is C22H24FNO3. The maximum atomic E-state index is 13.5. The third kappa shape index (κ3) is 4.48. The number of hydrogen-bond acceptors (Lipinski definition) is 3. The molecule has 5 heteroatoms. The van der Waals surface area contributed by atoms with E-state index in [4.69, 9.17) is 9.47 Å². The first-order valence-corrected chi connectivity index (χ1v) is 9.06. The number of fused-ring (bicyclic) bond motifs is 1. The molecule has 0 bridgehead atoms. The molecule has 0 atom stereocenters. The van der Waals surface area contributed by atoms with E-state index in [0.29, 0.717) is 42.5 Å². The highest BCUT2D eigenvalue weighted by atomic mass is 19.1. The molecule has 0 aromatic heterocycles. The summed E-state index contributed by atoms with van der Waals surface area (Å²) in [6.45, 7) is 5.03. The molecule has 1 amide bonds. The van der Waals surface area contributed by atoms with Gasteiger partial charge < -0.3 is 14.4 Å². The van der Waals surface area contributed by atoms with Gasteiger partial charge in [-0.1, -0.05) is 26.0 Å². The predicted molar refractivity (Wildman–Crippen MR) is 102 cm³/mol. The number of carbonyl (C=O) groups excluding carboxylic acids is 1. The van der Waals surface area contributed by atoms with Crippen LogP contribution in [0, 0.1) is 11.7 Å². The zero-order valence-corrected chi connectivity index (χ0v) is 15.9. The number of amides is 1. The van der Waals surface area contributed by atoms with Gasteiger partial charge in [0, 0.05) is 19.2 Å². The van der Waals surface area contributed by atoms with Gasteiger partial charge in [0.25, 0.3) is 5.91 Å². The number of halogens is 1. The first kappa shape index (κ1) is 19.0. The fourth-order valence-electron chi connectivity index (χ4n) is 3.09. The van der Waals surface area contributed by atoms with Gasteiger partial charge in [-0.05, 0) is 47.7 Å². The Morgan fingerprint density at radius 3 is 2.78 bits per heavy atom. The minimum absolute atomic E-state index is 0.115. The number of rotatable bonds is 6. The van der Waals surface area contributed by atoms with Crippen LogP contribution in [0.5, 0.6) is 11.5 Å². The van der Waals surface area contributed by atoms with Gasteiger partial charge in [0.1, 0.15) is 17.3 Å². The van der Waals surface area contributed by atoms with Crippen molar-refractivity contribution >= 4 is 5.91 Å². The molecule has 0 aliphatic carbocycles. The number of nitrogens with zero attached hydrogens (tertiary/aromatic N) is 1. The minimum atomic E-state index is -0.301. The highest BCUT2D eigenvalue weighted by Crippen LogP contribution is 2.33. The average molecular weight is 369 g/mol. The number of carbonyl (C=O) groups is 1. The van der Waals surface area contributed by atoms with Crippen molar-refractivity contribution in [3.8, 4) is 11.5 Å². The van der Waals surface area contributed by atoms with E-state index in [1.807, 2.05) is 32.1 Å². The van der Waals surface area contributed by atoms with Gasteiger partial charge in [0.05, 0.1) is 18.9 Å². The molecular weight excluding hydrogens is 345 g/mol. The summed E-state index contributed by atoms with van der Waals surface area (Å²) >= 11 is 0. The zero-order chi connectivity index (χ0) is 19.4. The molecule has 142 valence electrons. The molecule has 4 nitrogen and oxygen atoms in total. The van der Waals surface area contributed by atoms with Crippen LogP contribution in [0.15, 0.2) is 48.7 Å². The van der Waals surface area contributed by atoms with E-state index in [-0.39, 0.29) is 11.7 Å². The standard InChI is InChI=1S/C22H24FNO3/c1-15(2)8-10-27-20-13-19(26-3)12-17-7-9-24(22(25)21(17)20)14-16-5-4-6-18(23)11-16/h4-6,8,10-13,15H,7,9,14H2,1-3H3. The Balaban J connectivity index is 1.90. The van der Waals surface area contributed by atoms with Crippen LogP contribution in [-0.4, -0.2) is 24.5 Å². The van der Waals surface area contributed by atoms with Gasteiger partial charge in [-0.2, -0.15) is 0 Å². The molecule has 1 heterocycles. The molecule has 1 aliphatic rings. The van der Waals surface area contributed by atoms with Crippen LogP contribution in [0.4, 0.5) is 4.39 Å². The van der Waals surface area contributed by atoms with Gasteiger partial charge in [0.2, 0.25) is 0 Å². The van der Waals surface area contributed by atoms with Crippen LogP contribution in [-0.2, 0) is 13.0 Å². The summed E-state index contributed by atoms with van der Waals surface area (Å²) in [4.78, 5) is 14.8. The Labute approximate surface area is 159 Å². The first-order chi connectivity index (χ1) is 13.0. The molecule has 0 unspecified atom stereocenters. The van der Waals surface area contributed by atoms with Crippen LogP contribution in [0.2, 0.25) is 0 Å². The van der Waals surface area contributed by atoms with Gasteiger partial charge in [-0.25, -0.2) is 4.39 Å². The third-order valence-corrected chi connectivity index (χ3v) is 4.47. The van der Waals surface area contributed by atoms with Crippen LogP contribution in [0.1, 0.15) is 35.3 Å². The van der Waals surface area contributed by atoms with Crippen molar-refractivity contribution in [3.63, 3.8) is 0 Å². The van der Waals surface area contributed by atoms with Crippen LogP contribution in [0.3, 0.4) is 0 Å². The lowest BCUT2D eigenvalue weighted by molar-refractivity contribution is 0.0723. The molecule has 0 fully saturated rings. The smallest absolute Gasteiger partial charge is 0.258 e. The fraction of sp³-hybridized carbons (Fsp3) is 0.318. The maximum Gasteiger partial charge on any atom is 0.258 e. The summed E-state index contributed by atoms with van der Waals surface area (Å²) in [6.07, 6.45) is 4.22. The summed E-state index contributed by atoms with van der Waals surface area (Å²) in [7, 11) is 1.59. The second kappa shape index (κ2) is 8.25. The largest absolute Gasteiger partial charge is 0.497 e. The Morgan fingerprint density at radius 1 is 1.26 bits per heavy atom. The zero-order valence-electron chi connectivity index (χ0n) is 15.9. The number of ether oxygens (including phenoxy) is 2. The highest BCUT2D eigenvalue weighted by molar-refractivity contribution is 5.99. The second-order valence-corrected chi connectivity index (χ2v) is 6.96. The van der Waals surface area contributed by atoms with E-state index in [1.165, 1.54) is 12.1 Å². The van der Waals surface area contributed by atoms with Gasteiger partial charge in [0.15, 0.2) is 0 Å². The summed E-state index contributed by atoms with van der Waals surface area (Å²) < 4.78 is 24.6. The molecule has 0 radical (unpaired) electrons. The van der Waals surface area contributed by atoms with Crippen molar-refractivity contribution in [2.75, 3.05) is 13.7 Å². The quantitative estimate of drug-likeness (QED) is 0.700. The lowest BCUT2D eigenvalue weighted by Gasteiger charge is -2.30. The van der Waals surface area contributed by atoms with Gasteiger partial charge in [-0.3, -0.25) is 4.79 Å². The SMILES string of the molecule is COc1cc2c(c(OC=CC(C)C)c1)C(=O)N(Cc1cccc(F)c1)CC2. The average Bonchev–Trinajstić information content (AvgIpc) is 2.63. The predicted octanol–water partition coefficient (Wildman–Crippen LogP) is 4.58. The molecule has 2 aromatic carbocycles. The van der Waals surface area contributed by atoms with Gasteiger partial charge >= 0.3 is 0 Å². The van der Waals surface area contributed by atoms with Crippen molar-refractivity contribution < 1.29 is 18.7 Å². The highest BCUT2D eigenvalue weighted by Gasteiger charge is 2.29. The normalized spacial score (nSPS) is 14.0. The van der Waals surface area contributed by atoms with Crippen molar-refractivity contribution in [2.24, 2.45) is 5.92 Å². The Morgan fingerprint density at radius 2 is 2.07 bits per heavy atom. The van der Waals surface area contributed by atoms with Crippen molar-refractivity contribution in [1.29, 1.82) is 0 Å². The number of benzene rings is 2. The molecule has 1 aliphatic heterocycles. The van der Waals surface area contributed by atoms with E-state index >= 15 is 0 Å². The molecule has 0 spiro atoms. The van der Waals surface area contributed by atoms with Crippen molar-refractivity contribution in [3.05, 3.63) is 71.2 Å². The molecule has 2 aromatic rings. The van der Waals surface area contributed by atoms with Crippen LogP contribution in [0.25, 0.3) is 0 Å². The van der Waals surface area contributed by atoms with E-state index in [0.717, 1.165) is 11.1 Å². The minimum Gasteiger partial charge on any atom is -0.497 e. The molecule has 27 heavy (non-hydrogen) atoms. The van der Waals surface area contributed by atoms with E-state index in [2.05, 4.69) is 0 Å². The topological polar surface area (TPSA) is 38.8 Å². The summed E-state index contributed by atoms with van der Waals surface area (Å²) in [5, 5.41) is 0. The lowest BCUT2D eigenvalue weighted by Crippen LogP contribution is -2.37. The van der Waals surface area contributed by atoms with Crippen LogP contribution >= 0.6 is 0 Å². The maximum absolute atomic E-state index is 13.5.